The molecule has 0 aliphatic heterocycles. The summed E-state index contributed by atoms with van der Waals surface area (Å²) in [4.78, 5) is 16.8. The first-order valence-electron chi connectivity index (χ1n) is 9.02. The van der Waals surface area contributed by atoms with Crippen molar-refractivity contribution in [1.29, 1.82) is 0 Å². The lowest BCUT2D eigenvalue weighted by Gasteiger charge is -2.04. The highest BCUT2D eigenvalue weighted by atomic mass is 32.2. The summed E-state index contributed by atoms with van der Waals surface area (Å²) in [6, 6.07) is 18.5. The summed E-state index contributed by atoms with van der Waals surface area (Å²) in [7, 11) is -3.95. The Bertz CT molecular complexity index is 1260. The Balaban J connectivity index is 1.70. The summed E-state index contributed by atoms with van der Waals surface area (Å²) in [6.45, 7) is 1.87. The first-order valence-corrected chi connectivity index (χ1v) is 11.5. The van der Waals surface area contributed by atoms with E-state index in [1.807, 2.05) is 13.0 Å². The van der Waals surface area contributed by atoms with Crippen molar-refractivity contribution < 1.29 is 22.0 Å². The van der Waals surface area contributed by atoms with E-state index in [1.165, 1.54) is 18.4 Å². The number of nitrogens with zero attached hydrogens (tertiary/aromatic N) is 1. The Kier molecular flexibility index (Phi) is 5.61. The molecule has 0 aliphatic rings. The van der Waals surface area contributed by atoms with Crippen molar-refractivity contribution in [2.24, 2.45) is 0 Å². The molecular formula is C22H17NO5S2. The smallest absolute Gasteiger partial charge is 0.265 e. The van der Waals surface area contributed by atoms with Crippen molar-refractivity contribution in [1.82, 2.24) is 4.98 Å². The van der Waals surface area contributed by atoms with Gasteiger partial charge in [-0.2, -0.15) is 4.98 Å². The van der Waals surface area contributed by atoms with Gasteiger partial charge in [0.05, 0.1) is 16.9 Å². The van der Waals surface area contributed by atoms with Crippen LogP contribution in [-0.4, -0.2) is 24.9 Å². The number of aryl methyl sites for hydroxylation is 1. The maximum atomic E-state index is 13.2. The van der Waals surface area contributed by atoms with Crippen LogP contribution in [0.5, 0.6) is 0 Å². The quantitative estimate of drug-likeness (QED) is 0.294. The molecule has 152 valence electrons. The second-order valence-corrected chi connectivity index (χ2v) is 9.30. The van der Waals surface area contributed by atoms with Crippen LogP contribution < -0.4 is 0 Å². The zero-order chi connectivity index (χ0) is 21.1. The van der Waals surface area contributed by atoms with Gasteiger partial charge in [0, 0.05) is 5.56 Å². The number of thioether (sulfide) groups is 1. The van der Waals surface area contributed by atoms with Crippen molar-refractivity contribution in [2.75, 3.05) is 5.75 Å². The topological polar surface area (TPSA) is 90.4 Å². The van der Waals surface area contributed by atoms with Gasteiger partial charge in [0.2, 0.25) is 20.0 Å². The summed E-state index contributed by atoms with van der Waals surface area (Å²) in [5.41, 5.74) is 1.48. The number of benzene rings is 2. The van der Waals surface area contributed by atoms with Crippen molar-refractivity contribution in [3.05, 3.63) is 84.1 Å². The summed E-state index contributed by atoms with van der Waals surface area (Å²) < 4.78 is 37.4. The lowest BCUT2D eigenvalue weighted by atomic mass is 10.2. The van der Waals surface area contributed by atoms with Gasteiger partial charge in [0.25, 0.3) is 5.89 Å². The molecule has 0 fully saturated rings. The third-order valence-corrected chi connectivity index (χ3v) is 7.07. The van der Waals surface area contributed by atoms with E-state index in [-0.39, 0.29) is 32.4 Å². The minimum absolute atomic E-state index is 0.00716. The van der Waals surface area contributed by atoms with Gasteiger partial charge < -0.3 is 8.83 Å². The van der Waals surface area contributed by atoms with E-state index in [2.05, 4.69) is 4.98 Å². The predicted octanol–water partition coefficient (Wildman–Crippen LogP) is 5.05. The SMILES string of the molecule is Cc1ccc(S(=O)(=O)c2nc(-c3ccco3)oc2SCC(=O)c2ccccc2)cc1. The average Bonchev–Trinajstić information content (AvgIpc) is 3.43. The number of Topliss-reactive ketones (excluding diaryl/α,β-unsaturated/α-hetero) is 1. The van der Waals surface area contributed by atoms with Gasteiger partial charge in [-0.1, -0.05) is 59.8 Å². The minimum Gasteiger partial charge on any atom is -0.459 e. The second kappa shape index (κ2) is 8.33. The number of oxazole rings is 1. The third-order valence-electron chi connectivity index (χ3n) is 4.31. The van der Waals surface area contributed by atoms with Gasteiger partial charge in [-0.25, -0.2) is 8.42 Å². The summed E-state index contributed by atoms with van der Waals surface area (Å²) in [5, 5.41) is -0.185. The van der Waals surface area contributed by atoms with Crippen LogP contribution in [0.15, 0.2) is 96.8 Å². The molecule has 0 N–H and O–H groups in total. The van der Waals surface area contributed by atoms with E-state index in [1.54, 1.807) is 48.5 Å². The van der Waals surface area contributed by atoms with Crippen molar-refractivity contribution in [3.63, 3.8) is 0 Å². The van der Waals surface area contributed by atoms with Crippen LogP contribution in [0.25, 0.3) is 11.7 Å². The van der Waals surface area contributed by atoms with Gasteiger partial charge in [0.15, 0.2) is 11.5 Å². The van der Waals surface area contributed by atoms with Gasteiger partial charge in [-0.05, 0) is 31.2 Å². The highest BCUT2D eigenvalue weighted by Gasteiger charge is 2.29. The summed E-state index contributed by atoms with van der Waals surface area (Å²) >= 11 is 0.993. The number of hydrogen-bond acceptors (Lipinski definition) is 7. The monoisotopic (exact) mass is 439 g/mol. The second-order valence-electron chi connectivity index (χ2n) is 6.48. The lowest BCUT2D eigenvalue weighted by molar-refractivity contribution is 0.102. The van der Waals surface area contributed by atoms with E-state index in [4.69, 9.17) is 8.83 Å². The number of furan rings is 1. The number of ketones is 1. The number of hydrogen-bond donors (Lipinski definition) is 0. The molecule has 2 aromatic heterocycles. The van der Waals surface area contributed by atoms with E-state index >= 15 is 0 Å². The Morgan fingerprint density at radius 3 is 2.40 bits per heavy atom. The fraction of sp³-hybridized carbons (Fsp3) is 0.0909. The Labute approximate surface area is 177 Å². The van der Waals surface area contributed by atoms with Crippen molar-refractivity contribution >= 4 is 27.4 Å². The molecule has 4 aromatic rings. The molecule has 0 unspecified atom stereocenters. The number of carbonyl (C=O) groups is 1. The largest absolute Gasteiger partial charge is 0.459 e. The van der Waals surface area contributed by atoms with Crippen LogP contribution >= 0.6 is 11.8 Å². The minimum atomic E-state index is -3.95. The zero-order valence-corrected chi connectivity index (χ0v) is 17.6. The number of carbonyl (C=O) groups excluding carboxylic acids is 1. The zero-order valence-electron chi connectivity index (χ0n) is 15.9. The molecule has 0 saturated carbocycles. The van der Waals surface area contributed by atoms with Crippen LogP contribution in [-0.2, 0) is 9.84 Å². The van der Waals surface area contributed by atoms with Crippen LogP contribution in [0.3, 0.4) is 0 Å². The fourth-order valence-electron chi connectivity index (χ4n) is 2.73. The molecule has 0 saturated heterocycles. The van der Waals surface area contributed by atoms with Gasteiger partial charge >= 0.3 is 0 Å². The highest BCUT2D eigenvalue weighted by Crippen LogP contribution is 2.35. The van der Waals surface area contributed by atoms with Crippen molar-refractivity contribution in [3.8, 4) is 11.7 Å². The van der Waals surface area contributed by atoms with Crippen LogP contribution in [0, 0.1) is 6.92 Å². The summed E-state index contributed by atoms with van der Waals surface area (Å²) in [5.74, 6) is 0.208. The molecule has 2 heterocycles. The van der Waals surface area contributed by atoms with E-state index in [0.717, 1.165) is 17.3 Å². The molecule has 0 spiro atoms. The molecule has 4 rings (SSSR count). The maximum Gasteiger partial charge on any atom is 0.265 e. The molecule has 0 amide bonds. The first-order chi connectivity index (χ1) is 14.4. The molecule has 0 aliphatic carbocycles. The molecule has 8 heteroatoms. The molecule has 30 heavy (non-hydrogen) atoms. The predicted molar refractivity (Wildman–Crippen MR) is 112 cm³/mol. The summed E-state index contributed by atoms with van der Waals surface area (Å²) in [6.07, 6.45) is 1.44. The Morgan fingerprint density at radius 1 is 1.00 bits per heavy atom. The van der Waals surface area contributed by atoms with E-state index < -0.39 is 9.84 Å². The van der Waals surface area contributed by atoms with E-state index in [9.17, 15) is 13.2 Å². The van der Waals surface area contributed by atoms with Crippen LogP contribution in [0.1, 0.15) is 15.9 Å². The van der Waals surface area contributed by atoms with E-state index in [0.29, 0.717) is 11.3 Å². The average molecular weight is 440 g/mol. The molecular weight excluding hydrogens is 422 g/mol. The Hall–Kier alpha value is -3.10. The molecule has 2 aromatic carbocycles. The fourth-order valence-corrected chi connectivity index (χ4v) is 5.15. The Morgan fingerprint density at radius 2 is 1.73 bits per heavy atom. The van der Waals surface area contributed by atoms with Gasteiger partial charge in [-0.3, -0.25) is 4.79 Å². The first kappa shape index (κ1) is 20.2. The normalized spacial score (nSPS) is 11.5. The van der Waals surface area contributed by atoms with Gasteiger partial charge in [0.1, 0.15) is 0 Å². The molecule has 0 radical (unpaired) electrons. The number of rotatable bonds is 7. The molecule has 0 bridgehead atoms. The number of aromatic nitrogens is 1. The number of sulfone groups is 1. The molecule has 0 atom stereocenters. The maximum absolute atomic E-state index is 13.2. The lowest BCUT2D eigenvalue weighted by Crippen LogP contribution is -2.06. The third kappa shape index (κ3) is 4.10. The van der Waals surface area contributed by atoms with Crippen LogP contribution in [0.2, 0.25) is 0 Å². The highest BCUT2D eigenvalue weighted by molar-refractivity contribution is 8.00. The van der Waals surface area contributed by atoms with Crippen LogP contribution in [0.4, 0.5) is 0 Å². The van der Waals surface area contributed by atoms with Crippen molar-refractivity contribution in [2.45, 2.75) is 21.9 Å². The van der Waals surface area contributed by atoms with Gasteiger partial charge in [-0.15, -0.1) is 0 Å². The molecule has 6 nitrogen and oxygen atoms in total. The standard InChI is InChI=1S/C22H17NO5S2/c1-15-9-11-17(12-10-15)30(25,26)21-22(28-20(23-21)19-8-5-13-27-19)29-14-18(24)16-6-3-2-4-7-16/h2-13H,14H2,1H3.